The number of hydrogen-bond acceptors (Lipinski definition) is 2. The molecule has 0 aliphatic carbocycles. The molecule has 3 rings (SSSR count). The van der Waals surface area contributed by atoms with E-state index in [0.717, 1.165) is 16.7 Å². The van der Waals surface area contributed by atoms with Crippen LogP contribution in [0.25, 0.3) is 11.1 Å². The molecule has 2 nitrogen and oxygen atoms in total. The van der Waals surface area contributed by atoms with E-state index in [4.69, 9.17) is 16.4 Å². The first-order valence-electron chi connectivity index (χ1n) is 7.30. The maximum Gasteiger partial charge on any atom is 0.142 e. The predicted molar refractivity (Wildman–Crippen MR) is 94.7 cm³/mol. The van der Waals surface area contributed by atoms with Crippen molar-refractivity contribution in [3.63, 3.8) is 0 Å². The zero-order valence-electron chi connectivity index (χ0n) is 12.4. The molecule has 23 heavy (non-hydrogen) atoms. The van der Waals surface area contributed by atoms with Gasteiger partial charge in [0.2, 0.25) is 0 Å². The third-order valence-electron chi connectivity index (χ3n) is 3.43. The maximum atomic E-state index is 6.05. The van der Waals surface area contributed by atoms with Gasteiger partial charge in [-0.25, -0.2) is 0 Å². The molecule has 3 aromatic rings. The van der Waals surface area contributed by atoms with Crippen molar-refractivity contribution in [1.82, 2.24) is 0 Å². The molecule has 113 valence electrons. The van der Waals surface area contributed by atoms with Crippen LogP contribution in [-0.2, 0) is 11.4 Å². The van der Waals surface area contributed by atoms with Gasteiger partial charge in [-0.1, -0.05) is 89.6 Å². The first-order valence-corrected chi connectivity index (χ1v) is 7.68. The van der Waals surface area contributed by atoms with Crippen molar-refractivity contribution >= 4 is 17.8 Å². The van der Waals surface area contributed by atoms with Gasteiger partial charge in [-0.3, -0.25) is 0 Å². The number of benzene rings is 3. The first kappa shape index (κ1) is 15.3. The van der Waals surface area contributed by atoms with E-state index in [0.29, 0.717) is 17.2 Å². The zero-order chi connectivity index (χ0) is 15.9. The Labute approximate surface area is 141 Å². The summed E-state index contributed by atoms with van der Waals surface area (Å²) >= 11 is 6.05. The fourth-order valence-corrected chi connectivity index (χ4v) is 2.46. The molecule has 0 saturated heterocycles. The van der Waals surface area contributed by atoms with Crippen LogP contribution in [0.15, 0.2) is 84.0 Å². The van der Waals surface area contributed by atoms with Crippen molar-refractivity contribution in [2.45, 2.75) is 6.61 Å². The number of halogens is 1. The molecular formula is C20H15ClNO. The molecule has 0 aliphatic heterocycles. The number of nitrogens with zero attached hydrogens (tertiary/aromatic N) is 1. The largest absolute Gasteiger partial charge is 0.390 e. The molecule has 0 bridgehead atoms. The topological polar surface area (TPSA) is 21.6 Å². The van der Waals surface area contributed by atoms with Gasteiger partial charge >= 0.3 is 0 Å². The standard InChI is InChI=1S/C20H15ClNO/c21-20-13-7-5-10-17(20)14-22-23-15-18-11-4-6-12-19(18)16-8-2-1-3-9-16/h1-13H,15H2. The summed E-state index contributed by atoms with van der Waals surface area (Å²) < 4.78 is 0. The van der Waals surface area contributed by atoms with Gasteiger partial charge in [0.05, 0.1) is 5.02 Å². The number of hydrogen-bond donors (Lipinski definition) is 0. The van der Waals surface area contributed by atoms with E-state index in [9.17, 15) is 0 Å². The van der Waals surface area contributed by atoms with Crippen LogP contribution in [0, 0.1) is 0 Å². The van der Waals surface area contributed by atoms with Crippen LogP contribution in [0.2, 0.25) is 5.02 Å². The third kappa shape index (κ3) is 3.99. The van der Waals surface area contributed by atoms with E-state index in [1.165, 1.54) is 0 Å². The summed E-state index contributed by atoms with van der Waals surface area (Å²) in [6, 6.07) is 25.7. The highest BCUT2D eigenvalue weighted by atomic mass is 35.5. The maximum absolute atomic E-state index is 6.05. The van der Waals surface area contributed by atoms with Crippen LogP contribution in [0.3, 0.4) is 0 Å². The highest BCUT2D eigenvalue weighted by Gasteiger charge is 2.04. The molecule has 0 N–H and O–H groups in total. The summed E-state index contributed by atoms with van der Waals surface area (Å²) in [5.41, 5.74) is 4.08. The molecule has 0 amide bonds. The summed E-state index contributed by atoms with van der Waals surface area (Å²) in [6.45, 7) is 0.378. The Morgan fingerprint density at radius 2 is 1.52 bits per heavy atom. The van der Waals surface area contributed by atoms with Gasteiger partial charge in [-0.05, 0) is 22.8 Å². The van der Waals surface area contributed by atoms with Crippen LogP contribution in [-0.4, -0.2) is 6.21 Å². The van der Waals surface area contributed by atoms with Crippen molar-refractivity contribution in [2.75, 3.05) is 0 Å². The second-order valence-electron chi connectivity index (χ2n) is 4.98. The van der Waals surface area contributed by atoms with Crippen LogP contribution < -0.4 is 0 Å². The highest BCUT2D eigenvalue weighted by molar-refractivity contribution is 6.33. The summed E-state index contributed by atoms with van der Waals surface area (Å²) in [5.74, 6) is 0. The van der Waals surface area contributed by atoms with E-state index in [2.05, 4.69) is 29.6 Å². The lowest BCUT2D eigenvalue weighted by molar-refractivity contribution is 0.132. The summed E-state index contributed by atoms with van der Waals surface area (Å²) in [4.78, 5) is 5.40. The molecule has 0 aromatic heterocycles. The molecule has 0 heterocycles. The minimum atomic E-state index is 0.378. The van der Waals surface area contributed by atoms with Crippen molar-refractivity contribution in [1.29, 1.82) is 0 Å². The molecule has 3 heteroatoms. The van der Waals surface area contributed by atoms with Crippen molar-refractivity contribution < 1.29 is 4.84 Å². The predicted octanol–water partition coefficient (Wildman–Crippen LogP) is 5.43. The van der Waals surface area contributed by atoms with Gasteiger partial charge in [0.25, 0.3) is 0 Å². The lowest BCUT2D eigenvalue weighted by Crippen LogP contribution is -1.92. The Kier molecular flexibility index (Phi) is 5.07. The Morgan fingerprint density at radius 1 is 0.826 bits per heavy atom. The van der Waals surface area contributed by atoms with Gasteiger partial charge in [0.15, 0.2) is 0 Å². The van der Waals surface area contributed by atoms with Gasteiger partial charge in [0.1, 0.15) is 12.8 Å². The van der Waals surface area contributed by atoms with E-state index in [-0.39, 0.29) is 0 Å². The van der Waals surface area contributed by atoms with E-state index < -0.39 is 0 Å². The van der Waals surface area contributed by atoms with Crippen LogP contribution in [0.4, 0.5) is 0 Å². The summed E-state index contributed by atoms with van der Waals surface area (Å²) in [5, 5.41) is 4.50. The second-order valence-corrected chi connectivity index (χ2v) is 5.39. The average molecular weight is 321 g/mol. The molecule has 0 aliphatic rings. The van der Waals surface area contributed by atoms with Crippen LogP contribution in [0.5, 0.6) is 0 Å². The molecular weight excluding hydrogens is 306 g/mol. The Morgan fingerprint density at radius 3 is 2.35 bits per heavy atom. The molecule has 0 unspecified atom stereocenters. The lowest BCUT2D eigenvalue weighted by Gasteiger charge is -2.08. The van der Waals surface area contributed by atoms with Gasteiger partial charge in [-0.15, -0.1) is 0 Å². The zero-order valence-corrected chi connectivity index (χ0v) is 13.2. The van der Waals surface area contributed by atoms with Crippen LogP contribution in [0.1, 0.15) is 11.1 Å². The van der Waals surface area contributed by atoms with Gasteiger partial charge in [-0.2, -0.15) is 0 Å². The SMILES string of the molecule is Clc1ccccc1/[C]=N/OCc1ccccc1-c1ccccc1. The number of rotatable bonds is 5. The molecule has 1 radical (unpaired) electrons. The van der Waals surface area contributed by atoms with Gasteiger partial charge < -0.3 is 4.84 Å². The van der Waals surface area contributed by atoms with E-state index >= 15 is 0 Å². The van der Waals surface area contributed by atoms with Crippen LogP contribution >= 0.6 is 11.6 Å². The Bertz CT molecular complexity index is 800. The quantitative estimate of drug-likeness (QED) is 0.453. The molecule has 0 saturated carbocycles. The average Bonchev–Trinajstić information content (AvgIpc) is 2.61. The fourth-order valence-electron chi connectivity index (χ4n) is 2.28. The summed E-state index contributed by atoms with van der Waals surface area (Å²) in [6.07, 6.45) is 2.81. The third-order valence-corrected chi connectivity index (χ3v) is 3.76. The van der Waals surface area contributed by atoms with E-state index in [1.54, 1.807) is 6.07 Å². The normalized spacial score (nSPS) is 10.8. The minimum Gasteiger partial charge on any atom is -0.390 e. The monoisotopic (exact) mass is 320 g/mol. The van der Waals surface area contributed by atoms with Crippen molar-refractivity contribution in [3.05, 3.63) is 95.0 Å². The first-order chi connectivity index (χ1) is 11.3. The highest BCUT2D eigenvalue weighted by Crippen LogP contribution is 2.24. The molecule has 0 fully saturated rings. The van der Waals surface area contributed by atoms with Crippen molar-refractivity contribution in [3.8, 4) is 11.1 Å². The van der Waals surface area contributed by atoms with Gasteiger partial charge in [0, 0.05) is 5.56 Å². The van der Waals surface area contributed by atoms with Crippen molar-refractivity contribution in [2.24, 2.45) is 5.16 Å². The fraction of sp³-hybridized carbons (Fsp3) is 0.0500. The Balaban J connectivity index is 1.71. The Hall–Kier alpha value is -2.58. The molecule has 3 aromatic carbocycles. The van der Waals surface area contributed by atoms with E-state index in [1.807, 2.05) is 54.6 Å². The summed E-state index contributed by atoms with van der Waals surface area (Å²) in [7, 11) is 0. The molecule has 0 atom stereocenters. The second kappa shape index (κ2) is 7.61. The smallest absolute Gasteiger partial charge is 0.142 e. The minimum absolute atomic E-state index is 0.378. The molecule has 0 spiro atoms. The lowest BCUT2D eigenvalue weighted by atomic mass is 10.0.